The van der Waals surface area contributed by atoms with Crippen LogP contribution in [-0.2, 0) is 0 Å². The minimum Gasteiger partial charge on any atom is -0.450 e. The normalized spacial score (nSPS) is 6.23. The second-order valence-corrected chi connectivity index (χ2v) is 1.12. The van der Waals surface area contributed by atoms with Gasteiger partial charge in [-0.1, -0.05) is 0 Å². The lowest BCUT2D eigenvalue weighted by atomic mass is 11.1. The zero-order chi connectivity index (χ0) is 11.4. The Morgan fingerprint density at radius 3 is 1.15 bits per heavy atom. The van der Waals surface area contributed by atoms with Crippen molar-refractivity contribution in [3.05, 3.63) is 0 Å². The van der Waals surface area contributed by atoms with Crippen LogP contribution in [-0.4, -0.2) is 38.7 Å². The van der Waals surface area contributed by atoms with Gasteiger partial charge in [-0.25, -0.2) is 15.4 Å². The minimum atomic E-state index is -1.83. The van der Waals surface area contributed by atoms with E-state index in [1.165, 1.54) is 0 Å². The van der Waals surface area contributed by atoms with Crippen molar-refractivity contribution in [1.82, 2.24) is 5.43 Å². The number of hydrogen-bond acceptors (Lipinski definition) is 4. The van der Waals surface area contributed by atoms with Gasteiger partial charge in [-0.2, -0.15) is 0 Å². The Morgan fingerprint density at radius 2 is 1.15 bits per heavy atom. The highest BCUT2D eigenvalue weighted by Gasteiger charge is 1.70. The average Bonchev–Trinajstić information content (AvgIpc) is 1.84. The van der Waals surface area contributed by atoms with E-state index in [4.69, 9.17) is 35.4 Å². The van der Waals surface area contributed by atoms with Crippen LogP contribution in [0.3, 0.4) is 0 Å². The molecule has 0 bridgehead atoms. The molecule has 0 fully saturated rings. The van der Waals surface area contributed by atoms with Crippen LogP contribution in [0.5, 0.6) is 0 Å². The van der Waals surface area contributed by atoms with Crippen LogP contribution in [0.1, 0.15) is 0 Å². The first-order valence-corrected chi connectivity index (χ1v) is 2.38. The molecule has 0 radical (unpaired) electrons. The number of hydrogen-bond donors (Lipinski definition) is 8. The predicted molar refractivity (Wildman–Crippen MR) is 40.5 cm³/mol. The van der Waals surface area contributed by atoms with E-state index in [2.05, 4.69) is 11.6 Å². The van der Waals surface area contributed by atoms with Crippen molar-refractivity contribution in [2.45, 2.75) is 0 Å². The maximum absolute atomic E-state index is 8.56. The van der Waals surface area contributed by atoms with Crippen LogP contribution >= 0.6 is 0 Å². The molecule has 0 saturated carbocycles. The van der Waals surface area contributed by atoms with Crippen molar-refractivity contribution in [3.8, 4) is 0 Å². The molecule has 0 amide bonds. The van der Waals surface area contributed by atoms with E-state index in [9.17, 15) is 0 Å². The van der Waals surface area contributed by atoms with Gasteiger partial charge in [-0.3, -0.25) is 10.8 Å². The fourth-order valence-electron chi connectivity index (χ4n) is 0. The summed E-state index contributed by atoms with van der Waals surface area (Å²) in [5.41, 5.74) is 6.53. The number of carboxylic acid groups (broad SMARTS) is 4. The number of carbonyl (C=O) groups is 2. The molecule has 0 aliphatic heterocycles. The van der Waals surface area contributed by atoms with Crippen molar-refractivity contribution in [2.24, 2.45) is 11.6 Å². The first kappa shape index (κ1) is 17.0. The molecule has 10 N–H and O–H groups in total. The van der Waals surface area contributed by atoms with E-state index in [0.29, 0.717) is 0 Å². The maximum Gasteiger partial charge on any atom is 0.503 e. The summed E-state index contributed by atoms with van der Waals surface area (Å²) in [4.78, 5) is 17.1. The lowest BCUT2D eigenvalue weighted by molar-refractivity contribution is 0.135. The predicted octanol–water partition coefficient (Wildman–Crippen LogP) is -1.21. The van der Waals surface area contributed by atoms with Crippen LogP contribution in [0.4, 0.5) is 9.59 Å². The maximum atomic E-state index is 8.56. The molecule has 0 unspecified atom stereocenters. The summed E-state index contributed by atoms with van der Waals surface area (Å²) in [7, 11) is 0. The van der Waals surface area contributed by atoms with Crippen LogP contribution in [0, 0.1) is 5.41 Å². The van der Waals surface area contributed by atoms with Gasteiger partial charge in [-0.15, -0.1) is 0 Å². The number of nitrogens with one attached hydrogen (secondary N) is 2. The van der Waals surface area contributed by atoms with Gasteiger partial charge in [0.1, 0.15) is 0 Å². The molecule has 78 valence electrons. The van der Waals surface area contributed by atoms with Gasteiger partial charge in [0.05, 0.1) is 0 Å². The summed E-state index contributed by atoms with van der Waals surface area (Å²) in [5.74, 6) is 4.35. The highest BCUT2D eigenvalue weighted by atomic mass is 16.6. The Morgan fingerprint density at radius 1 is 1.08 bits per heavy atom. The molecule has 0 heterocycles. The minimum absolute atomic E-state index is 0.218. The fourth-order valence-corrected chi connectivity index (χ4v) is 0. The number of nitrogens with two attached hydrogens (primary N) is 2. The third-order valence-corrected chi connectivity index (χ3v) is 0.156. The Kier molecular flexibility index (Phi) is 16.3. The second kappa shape index (κ2) is 12.4. The van der Waals surface area contributed by atoms with Gasteiger partial charge in [0.2, 0.25) is 0 Å². The fraction of sp³-hybridized carbons (Fsp3) is 0. The van der Waals surface area contributed by atoms with Crippen molar-refractivity contribution in [1.29, 1.82) is 5.41 Å². The summed E-state index contributed by atoms with van der Waals surface area (Å²) in [6.07, 6.45) is -3.67. The van der Waals surface area contributed by atoms with Crippen molar-refractivity contribution in [2.75, 3.05) is 0 Å². The van der Waals surface area contributed by atoms with E-state index in [-0.39, 0.29) is 5.96 Å². The van der Waals surface area contributed by atoms with E-state index in [0.717, 1.165) is 0 Å². The summed E-state index contributed by atoms with van der Waals surface area (Å²) in [6, 6.07) is 0. The molecule has 0 saturated heterocycles. The van der Waals surface area contributed by atoms with E-state index < -0.39 is 12.3 Å². The molecule has 13 heavy (non-hydrogen) atoms. The highest BCUT2D eigenvalue weighted by molar-refractivity contribution is 5.73. The summed E-state index contributed by atoms with van der Waals surface area (Å²) in [5, 5.41) is 34.2. The highest BCUT2D eigenvalue weighted by Crippen LogP contribution is 1.43. The topological polar surface area (TPSA) is 203 Å². The first-order valence-electron chi connectivity index (χ1n) is 2.38. The summed E-state index contributed by atoms with van der Waals surface area (Å²) < 4.78 is 0. The Balaban J connectivity index is -0.000000117. The molecule has 10 heteroatoms. The van der Waals surface area contributed by atoms with Gasteiger partial charge >= 0.3 is 12.3 Å². The average molecular weight is 198 g/mol. The summed E-state index contributed by atoms with van der Waals surface area (Å²) in [6.45, 7) is 0. The van der Waals surface area contributed by atoms with E-state index >= 15 is 0 Å². The Bertz CT molecular complexity index is 149. The Hall–Kier alpha value is -2.23. The SMILES string of the molecule is N=C(N)NN.O=C(O)O.O=C(O)O. The van der Waals surface area contributed by atoms with E-state index in [1.54, 1.807) is 0 Å². The standard InChI is InChI=1S/CH6N4.2CH2O3/c2-1(3)5-4;2*2-1(3)4/h4H2,(H4,2,3,5);2*(H2,2,3,4). The lowest BCUT2D eigenvalue weighted by Crippen LogP contribution is -2.35. The number of guanidine groups is 1. The quantitative estimate of drug-likeness (QED) is 0.101. The first-order chi connectivity index (χ1) is 5.73. The monoisotopic (exact) mass is 198 g/mol. The van der Waals surface area contributed by atoms with Crippen molar-refractivity contribution < 1.29 is 30.0 Å². The smallest absolute Gasteiger partial charge is 0.450 e. The summed E-state index contributed by atoms with van der Waals surface area (Å²) >= 11 is 0. The van der Waals surface area contributed by atoms with Gasteiger partial charge in [-0.05, 0) is 0 Å². The van der Waals surface area contributed by atoms with Crippen molar-refractivity contribution >= 4 is 18.3 Å². The molecule has 10 nitrogen and oxygen atoms in total. The molecule has 0 atom stereocenters. The molecular weight excluding hydrogens is 188 g/mol. The molecule has 0 aliphatic rings. The molecule has 0 aliphatic carbocycles. The Labute approximate surface area is 71.9 Å². The zero-order valence-corrected chi connectivity index (χ0v) is 6.26. The molecular formula is C3H10N4O6. The molecule has 0 aromatic heterocycles. The van der Waals surface area contributed by atoms with Crippen LogP contribution in [0.15, 0.2) is 0 Å². The van der Waals surface area contributed by atoms with Crippen molar-refractivity contribution in [3.63, 3.8) is 0 Å². The van der Waals surface area contributed by atoms with Gasteiger partial charge in [0.15, 0.2) is 5.96 Å². The molecule has 0 aromatic rings. The van der Waals surface area contributed by atoms with Crippen LogP contribution in [0.2, 0.25) is 0 Å². The third-order valence-electron chi connectivity index (χ3n) is 0.156. The van der Waals surface area contributed by atoms with Gasteiger partial charge < -0.3 is 26.2 Å². The van der Waals surface area contributed by atoms with Gasteiger partial charge in [0.25, 0.3) is 0 Å². The molecule has 0 aromatic carbocycles. The third kappa shape index (κ3) is 11200. The molecule has 0 rings (SSSR count). The molecule has 0 spiro atoms. The van der Waals surface area contributed by atoms with E-state index in [1.807, 2.05) is 5.43 Å². The van der Waals surface area contributed by atoms with Crippen LogP contribution in [0.25, 0.3) is 0 Å². The second-order valence-electron chi connectivity index (χ2n) is 1.12. The van der Waals surface area contributed by atoms with Gasteiger partial charge in [0, 0.05) is 0 Å². The number of rotatable bonds is 0. The largest absolute Gasteiger partial charge is 0.503 e. The van der Waals surface area contributed by atoms with Crippen LogP contribution < -0.4 is 17.0 Å². The lowest BCUT2D eigenvalue weighted by Gasteiger charge is -1.85. The number of hydrazine groups is 1. The zero-order valence-electron chi connectivity index (χ0n) is 6.26.